The third-order valence-corrected chi connectivity index (χ3v) is 3.72. The monoisotopic (exact) mass is 270 g/mol. The van der Waals surface area contributed by atoms with Crippen molar-refractivity contribution in [3.05, 3.63) is 53.3 Å². The minimum atomic E-state index is 0.159. The summed E-state index contributed by atoms with van der Waals surface area (Å²) in [6, 6.07) is 8.37. The van der Waals surface area contributed by atoms with Crippen LogP contribution in [0.5, 0.6) is 11.5 Å². The van der Waals surface area contributed by atoms with E-state index in [-0.39, 0.29) is 6.04 Å². The van der Waals surface area contributed by atoms with Crippen LogP contribution in [0.2, 0.25) is 0 Å². The van der Waals surface area contributed by atoms with Gasteiger partial charge in [-0.15, -0.1) is 0 Å². The third-order valence-electron chi connectivity index (χ3n) is 3.72. The van der Waals surface area contributed by atoms with Crippen LogP contribution in [-0.2, 0) is 6.42 Å². The van der Waals surface area contributed by atoms with Crippen LogP contribution in [0.4, 0.5) is 0 Å². The fraction of sp³-hybridized carbons (Fsp3) is 0.312. The van der Waals surface area contributed by atoms with Crippen molar-refractivity contribution in [2.75, 3.05) is 20.8 Å². The summed E-state index contributed by atoms with van der Waals surface area (Å²) in [4.78, 5) is 4.21. The molecule has 1 atom stereocenters. The minimum Gasteiger partial charge on any atom is -0.493 e. The summed E-state index contributed by atoms with van der Waals surface area (Å²) >= 11 is 0. The van der Waals surface area contributed by atoms with Crippen molar-refractivity contribution in [1.82, 2.24) is 10.3 Å². The van der Waals surface area contributed by atoms with Gasteiger partial charge in [-0.3, -0.25) is 4.98 Å². The topological polar surface area (TPSA) is 43.4 Å². The molecule has 0 bridgehead atoms. The molecule has 0 amide bonds. The van der Waals surface area contributed by atoms with Crippen LogP contribution >= 0.6 is 0 Å². The highest BCUT2D eigenvalue weighted by atomic mass is 16.5. The Balaban J connectivity index is 2.08. The lowest BCUT2D eigenvalue weighted by Crippen LogP contribution is -2.30. The smallest absolute Gasteiger partial charge is 0.161 e. The molecule has 1 aromatic carbocycles. The highest BCUT2D eigenvalue weighted by Gasteiger charge is 2.23. The average molecular weight is 270 g/mol. The van der Waals surface area contributed by atoms with Crippen molar-refractivity contribution < 1.29 is 9.47 Å². The predicted octanol–water partition coefficient (Wildman–Crippen LogP) is 2.33. The van der Waals surface area contributed by atoms with E-state index >= 15 is 0 Å². The summed E-state index contributed by atoms with van der Waals surface area (Å²) < 4.78 is 10.8. The molecule has 4 nitrogen and oxygen atoms in total. The zero-order chi connectivity index (χ0) is 13.9. The second kappa shape index (κ2) is 5.51. The van der Waals surface area contributed by atoms with Crippen LogP contribution in [0, 0.1) is 0 Å². The summed E-state index contributed by atoms with van der Waals surface area (Å²) in [5, 5.41) is 3.54. The number of hydrogen-bond acceptors (Lipinski definition) is 4. The number of ether oxygens (including phenoxy) is 2. The van der Waals surface area contributed by atoms with Gasteiger partial charge < -0.3 is 14.8 Å². The second-order valence-corrected chi connectivity index (χ2v) is 4.83. The summed E-state index contributed by atoms with van der Waals surface area (Å²) in [5.41, 5.74) is 3.71. The molecule has 3 rings (SSSR count). The molecule has 0 saturated carbocycles. The number of nitrogens with one attached hydrogen (secondary N) is 1. The highest BCUT2D eigenvalue weighted by Crippen LogP contribution is 2.37. The predicted molar refractivity (Wildman–Crippen MR) is 77.3 cm³/mol. The van der Waals surface area contributed by atoms with E-state index in [0.717, 1.165) is 24.5 Å². The molecule has 4 heteroatoms. The number of rotatable bonds is 3. The van der Waals surface area contributed by atoms with Gasteiger partial charge in [-0.1, -0.05) is 6.07 Å². The van der Waals surface area contributed by atoms with Crippen LogP contribution in [-0.4, -0.2) is 25.7 Å². The van der Waals surface area contributed by atoms with Gasteiger partial charge >= 0.3 is 0 Å². The Hall–Kier alpha value is -2.07. The maximum Gasteiger partial charge on any atom is 0.161 e. The van der Waals surface area contributed by atoms with Gasteiger partial charge in [-0.2, -0.15) is 0 Å². The van der Waals surface area contributed by atoms with Gasteiger partial charge in [0, 0.05) is 18.9 Å². The fourth-order valence-electron chi connectivity index (χ4n) is 2.73. The average Bonchev–Trinajstić information content (AvgIpc) is 2.53. The molecule has 0 radical (unpaired) electrons. The first kappa shape index (κ1) is 12.9. The Morgan fingerprint density at radius 3 is 2.70 bits per heavy atom. The van der Waals surface area contributed by atoms with Gasteiger partial charge in [-0.25, -0.2) is 0 Å². The van der Waals surface area contributed by atoms with Gasteiger partial charge in [0.15, 0.2) is 11.5 Å². The SMILES string of the molecule is COc1cc2c(cc1OC)C(c1cccnc1)NCC2. The maximum absolute atomic E-state index is 5.42. The summed E-state index contributed by atoms with van der Waals surface area (Å²) in [7, 11) is 3.34. The number of methoxy groups -OCH3 is 2. The zero-order valence-corrected chi connectivity index (χ0v) is 11.7. The Kier molecular flexibility index (Phi) is 3.56. The molecule has 2 heterocycles. The van der Waals surface area contributed by atoms with E-state index in [1.54, 1.807) is 20.4 Å². The van der Waals surface area contributed by atoms with Crippen LogP contribution in [0.1, 0.15) is 22.7 Å². The van der Waals surface area contributed by atoms with Gasteiger partial charge in [0.2, 0.25) is 0 Å². The third kappa shape index (κ3) is 2.23. The van der Waals surface area contributed by atoms with Gasteiger partial charge in [-0.05, 0) is 41.3 Å². The van der Waals surface area contributed by atoms with Gasteiger partial charge in [0.05, 0.1) is 20.3 Å². The quantitative estimate of drug-likeness (QED) is 0.929. The van der Waals surface area contributed by atoms with E-state index in [9.17, 15) is 0 Å². The summed E-state index contributed by atoms with van der Waals surface area (Å²) in [5.74, 6) is 1.56. The van der Waals surface area contributed by atoms with Crippen LogP contribution in [0.15, 0.2) is 36.7 Å². The normalized spacial score (nSPS) is 17.4. The summed E-state index contributed by atoms with van der Waals surface area (Å²) in [6.45, 7) is 0.946. The molecule has 104 valence electrons. The lowest BCUT2D eigenvalue weighted by atomic mass is 9.90. The van der Waals surface area contributed by atoms with E-state index in [4.69, 9.17) is 9.47 Å². The number of hydrogen-bond donors (Lipinski definition) is 1. The van der Waals surface area contributed by atoms with Crippen molar-refractivity contribution in [1.29, 1.82) is 0 Å². The van der Waals surface area contributed by atoms with Crippen molar-refractivity contribution in [3.63, 3.8) is 0 Å². The number of pyridine rings is 1. The Morgan fingerprint density at radius 1 is 1.20 bits per heavy atom. The molecular weight excluding hydrogens is 252 g/mol. The molecular formula is C16H18N2O2. The minimum absolute atomic E-state index is 0.159. The largest absolute Gasteiger partial charge is 0.493 e. The Morgan fingerprint density at radius 2 is 2.00 bits per heavy atom. The molecule has 0 spiro atoms. The first-order chi connectivity index (χ1) is 9.83. The van der Waals surface area contributed by atoms with E-state index in [2.05, 4.69) is 28.5 Å². The Labute approximate surface area is 118 Å². The second-order valence-electron chi connectivity index (χ2n) is 4.83. The van der Waals surface area contributed by atoms with E-state index in [0.29, 0.717) is 0 Å². The molecule has 1 N–H and O–H groups in total. The number of nitrogens with zero attached hydrogens (tertiary/aromatic N) is 1. The lowest BCUT2D eigenvalue weighted by molar-refractivity contribution is 0.353. The molecule has 0 fully saturated rings. The van der Waals surface area contributed by atoms with Crippen molar-refractivity contribution >= 4 is 0 Å². The lowest BCUT2D eigenvalue weighted by Gasteiger charge is -2.28. The fourth-order valence-corrected chi connectivity index (χ4v) is 2.73. The van der Waals surface area contributed by atoms with Crippen LogP contribution < -0.4 is 14.8 Å². The first-order valence-electron chi connectivity index (χ1n) is 6.71. The van der Waals surface area contributed by atoms with E-state index < -0.39 is 0 Å². The molecule has 0 saturated heterocycles. The van der Waals surface area contributed by atoms with E-state index in [1.807, 2.05) is 12.3 Å². The highest BCUT2D eigenvalue weighted by molar-refractivity contribution is 5.51. The molecule has 2 aromatic rings. The molecule has 20 heavy (non-hydrogen) atoms. The molecule has 1 unspecified atom stereocenters. The number of benzene rings is 1. The van der Waals surface area contributed by atoms with Crippen molar-refractivity contribution in [2.45, 2.75) is 12.5 Å². The van der Waals surface area contributed by atoms with Crippen LogP contribution in [0.25, 0.3) is 0 Å². The molecule has 1 aliphatic rings. The molecule has 0 aliphatic carbocycles. The molecule has 1 aromatic heterocycles. The standard InChI is InChI=1S/C16H18N2O2/c1-19-14-8-11-5-7-18-16(12-4-3-6-17-10-12)13(11)9-15(14)20-2/h3-4,6,8-10,16,18H,5,7H2,1-2H3. The number of fused-ring (bicyclic) bond motifs is 1. The van der Waals surface area contributed by atoms with Crippen molar-refractivity contribution in [3.8, 4) is 11.5 Å². The maximum atomic E-state index is 5.42. The van der Waals surface area contributed by atoms with Gasteiger partial charge in [0.25, 0.3) is 0 Å². The van der Waals surface area contributed by atoms with Crippen LogP contribution in [0.3, 0.4) is 0 Å². The van der Waals surface area contributed by atoms with Gasteiger partial charge in [0.1, 0.15) is 0 Å². The van der Waals surface area contributed by atoms with Crippen molar-refractivity contribution in [2.24, 2.45) is 0 Å². The molecule has 1 aliphatic heterocycles. The Bertz CT molecular complexity index is 599. The number of aromatic nitrogens is 1. The zero-order valence-electron chi connectivity index (χ0n) is 11.7. The van der Waals surface area contributed by atoms with E-state index in [1.165, 1.54) is 16.7 Å². The summed E-state index contributed by atoms with van der Waals surface area (Å²) in [6.07, 6.45) is 4.69. The first-order valence-corrected chi connectivity index (χ1v) is 6.71.